The number of rotatable bonds is 7. The van der Waals surface area contributed by atoms with E-state index in [0.29, 0.717) is 13.1 Å². The van der Waals surface area contributed by atoms with Crippen LogP contribution in [0.1, 0.15) is 18.5 Å². The van der Waals surface area contributed by atoms with Crippen molar-refractivity contribution in [2.75, 3.05) is 25.0 Å². The van der Waals surface area contributed by atoms with Crippen LogP contribution in [-0.4, -0.2) is 59.8 Å². The quantitative estimate of drug-likeness (QED) is 0.251. The Morgan fingerprint density at radius 1 is 1.47 bits per heavy atom. The summed E-state index contributed by atoms with van der Waals surface area (Å²) in [5.41, 5.74) is 2.24. The van der Waals surface area contributed by atoms with Gasteiger partial charge in [-0.05, 0) is 57.1 Å². The van der Waals surface area contributed by atoms with E-state index in [-0.39, 0.29) is 46.0 Å². The summed E-state index contributed by atoms with van der Waals surface area (Å²) >= 11 is 3.07. The molecule has 2 aromatic rings. The highest BCUT2D eigenvalue weighted by Gasteiger charge is 2.38. The zero-order valence-corrected chi connectivity index (χ0v) is 17.9. The number of aliphatic imine (C=N–C) groups is 1. The molecular weight excluding hydrogens is 485 g/mol. The van der Waals surface area contributed by atoms with Crippen molar-refractivity contribution >= 4 is 43.5 Å². The van der Waals surface area contributed by atoms with E-state index < -0.39 is 16.0 Å². The second kappa shape index (κ2) is 8.55. The molecule has 0 spiro atoms. The molecular formula is C16H19BrFN7O4S. The molecule has 0 radical (unpaired) electrons. The summed E-state index contributed by atoms with van der Waals surface area (Å²) in [5.74, 6) is -0.160. The Morgan fingerprint density at radius 3 is 2.90 bits per heavy atom. The summed E-state index contributed by atoms with van der Waals surface area (Å²) < 4.78 is 46.8. The monoisotopic (exact) mass is 503 g/mol. The third kappa shape index (κ3) is 4.62. The number of aromatic nitrogens is 2. The van der Waals surface area contributed by atoms with Crippen molar-refractivity contribution in [3.8, 4) is 0 Å². The summed E-state index contributed by atoms with van der Waals surface area (Å²) in [6.45, 7) is 1.01. The average molecular weight is 504 g/mol. The summed E-state index contributed by atoms with van der Waals surface area (Å²) in [5, 5.41) is 20.3. The third-order valence-electron chi connectivity index (χ3n) is 4.86. The van der Waals surface area contributed by atoms with Crippen molar-refractivity contribution < 1.29 is 22.6 Å². The largest absolute Gasteiger partial charge is 0.361 e. The van der Waals surface area contributed by atoms with Gasteiger partial charge in [0.25, 0.3) is 10.2 Å². The van der Waals surface area contributed by atoms with Gasteiger partial charge >= 0.3 is 0 Å². The fourth-order valence-electron chi connectivity index (χ4n) is 3.16. The molecule has 2 heterocycles. The highest BCUT2D eigenvalue weighted by Crippen LogP contribution is 2.35. The molecule has 162 valence electrons. The zero-order chi connectivity index (χ0) is 21.3. The summed E-state index contributed by atoms with van der Waals surface area (Å²) in [4.78, 5) is 4.15. The van der Waals surface area contributed by atoms with E-state index in [1.807, 2.05) is 5.48 Å². The van der Waals surface area contributed by atoms with E-state index in [2.05, 4.69) is 41.3 Å². The molecule has 1 saturated heterocycles. The third-order valence-corrected chi connectivity index (χ3v) is 7.09. The number of benzene rings is 1. The maximum absolute atomic E-state index is 13.8. The Morgan fingerprint density at radius 2 is 2.27 bits per heavy atom. The first-order chi connectivity index (χ1) is 14.4. The lowest BCUT2D eigenvalue weighted by Gasteiger charge is -2.23. The van der Waals surface area contributed by atoms with E-state index in [1.54, 1.807) is 6.07 Å². The number of halogens is 2. The first-order valence-corrected chi connectivity index (χ1v) is 11.4. The number of nitrogens with zero attached hydrogens (tertiary/aromatic N) is 4. The lowest BCUT2D eigenvalue weighted by Crippen LogP contribution is -2.40. The molecule has 4 N–H and O–H groups in total. The van der Waals surface area contributed by atoms with Crippen LogP contribution in [0.5, 0.6) is 0 Å². The van der Waals surface area contributed by atoms with Gasteiger partial charge in [0.2, 0.25) is 5.82 Å². The minimum absolute atomic E-state index is 0.0777. The number of anilines is 1. The predicted molar refractivity (Wildman–Crippen MR) is 108 cm³/mol. The topological polar surface area (TPSA) is 145 Å². The zero-order valence-electron chi connectivity index (χ0n) is 15.5. The number of nitrogens with one attached hydrogen (secondary N) is 3. The van der Waals surface area contributed by atoms with Gasteiger partial charge in [-0.2, -0.15) is 12.7 Å². The molecule has 4 rings (SSSR count). The Balaban J connectivity index is 1.56. The first kappa shape index (κ1) is 21.1. The molecule has 0 unspecified atom stereocenters. The van der Waals surface area contributed by atoms with Crippen LogP contribution in [0.4, 0.5) is 15.9 Å². The molecule has 1 aromatic heterocycles. The van der Waals surface area contributed by atoms with Crippen LogP contribution in [0.3, 0.4) is 0 Å². The van der Waals surface area contributed by atoms with Crippen LogP contribution in [0.2, 0.25) is 0 Å². The summed E-state index contributed by atoms with van der Waals surface area (Å²) in [6, 6.07) is 3.98. The number of amidine groups is 1. The van der Waals surface area contributed by atoms with Crippen molar-refractivity contribution in [1.29, 1.82) is 0 Å². The van der Waals surface area contributed by atoms with Crippen molar-refractivity contribution in [2.24, 2.45) is 10.9 Å². The number of hydroxylamine groups is 1. The fraction of sp³-hybridized carbons (Fsp3) is 0.438. The maximum atomic E-state index is 13.8. The highest BCUT2D eigenvalue weighted by atomic mass is 79.9. The van der Waals surface area contributed by atoms with E-state index in [4.69, 9.17) is 4.63 Å². The van der Waals surface area contributed by atoms with Crippen LogP contribution in [0, 0.1) is 11.7 Å². The number of hydrogen-bond acceptors (Lipinski definition) is 8. The lowest BCUT2D eigenvalue weighted by atomic mass is 10.1. The van der Waals surface area contributed by atoms with Gasteiger partial charge in [0.15, 0.2) is 11.5 Å². The van der Waals surface area contributed by atoms with Crippen LogP contribution < -0.4 is 15.5 Å². The Kier molecular flexibility index (Phi) is 6.02. The molecule has 14 heteroatoms. The summed E-state index contributed by atoms with van der Waals surface area (Å²) in [7, 11) is -3.48. The smallest absolute Gasteiger partial charge is 0.279 e. The van der Waals surface area contributed by atoms with Gasteiger partial charge in [-0.25, -0.2) is 18.7 Å². The molecule has 1 atom stereocenters. The highest BCUT2D eigenvalue weighted by molar-refractivity contribution is 9.10. The normalized spacial score (nSPS) is 20.3. The Labute approximate surface area is 180 Å². The molecule has 0 amide bonds. The second-order valence-electron chi connectivity index (χ2n) is 6.98. The molecule has 30 heavy (non-hydrogen) atoms. The SMILES string of the molecule is O=S1(=O)NCCN1C[C@H](Nc1nonc1C(=Nc1ccc(Br)c(F)c1)NO)C1CC1. The van der Waals surface area contributed by atoms with Crippen molar-refractivity contribution in [2.45, 2.75) is 18.9 Å². The molecule has 1 aliphatic heterocycles. The van der Waals surface area contributed by atoms with Gasteiger partial charge in [0.05, 0.1) is 10.2 Å². The predicted octanol–water partition coefficient (Wildman–Crippen LogP) is 1.37. The van der Waals surface area contributed by atoms with Crippen LogP contribution in [0.15, 0.2) is 32.3 Å². The maximum Gasteiger partial charge on any atom is 0.279 e. The van der Waals surface area contributed by atoms with Crippen LogP contribution >= 0.6 is 15.9 Å². The Bertz CT molecular complexity index is 1060. The summed E-state index contributed by atoms with van der Waals surface area (Å²) in [6.07, 6.45) is 1.91. The van der Waals surface area contributed by atoms with E-state index in [9.17, 15) is 18.0 Å². The van der Waals surface area contributed by atoms with Gasteiger partial charge in [0.1, 0.15) is 5.82 Å². The van der Waals surface area contributed by atoms with Crippen molar-refractivity contribution in [3.05, 3.63) is 34.2 Å². The van der Waals surface area contributed by atoms with Gasteiger partial charge in [-0.1, -0.05) is 0 Å². The van der Waals surface area contributed by atoms with E-state index in [0.717, 1.165) is 12.8 Å². The molecule has 2 fully saturated rings. The molecule has 1 aromatic carbocycles. The van der Waals surface area contributed by atoms with Gasteiger partial charge in [0, 0.05) is 31.7 Å². The van der Waals surface area contributed by atoms with E-state index >= 15 is 0 Å². The molecule has 2 aliphatic rings. The molecule has 1 saturated carbocycles. The van der Waals surface area contributed by atoms with Crippen molar-refractivity contribution in [3.63, 3.8) is 0 Å². The van der Waals surface area contributed by atoms with Crippen molar-refractivity contribution in [1.82, 2.24) is 24.8 Å². The van der Waals surface area contributed by atoms with E-state index in [1.165, 1.54) is 16.4 Å². The average Bonchev–Trinajstić information content (AvgIpc) is 3.37. The molecule has 1 aliphatic carbocycles. The molecule has 11 nitrogen and oxygen atoms in total. The van der Waals surface area contributed by atoms with Gasteiger partial charge < -0.3 is 5.32 Å². The van der Waals surface area contributed by atoms with Gasteiger partial charge in [-0.15, -0.1) is 0 Å². The second-order valence-corrected chi connectivity index (χ2v) is 9.59. The first-order valence-electron chi connectivity index (χ1n) is 9.15. The Hall–Kier alpha value is -2.13. The van der Waals surface area contributed by atoms with Gasteiger partial charge in [-0.3, -0.25) is 10.7 Å². The fourth-order valence-corrected chi connectivity index (χ4v) is 4.63. The number of hydrogen-bond donors (Lipinski definition) is 4. The molecule has 0 bridgehead atoms. The van der Waals surface area contributed by atoms with Crippen LogP contribution in [0.25, 0.3) is 0 Å². The minimum atomic E-state index is -3.48. The van der Waals surface area contributed by atoms with Crippen LogP contribution in [-0.2, 0) is 10.2 Å². The standard InChI is InChI=1S/C16H19BrFN7O4S/c17-11-4-3-10(7-12(11)18)20-15(22-26)14-16(24-29-23-14)21-13(9-1-2-9)8-25-6-5-19-30(25,27)28/h3-4,7,9,13,19,26H,1-2,5-6,8H2,(H,20,22)(H,21,24)/t13-/m0/s1. The minimum Gasteiger partial charge on any atom is -0.361 e. The lowest BCUT2D eigenvalue weighted by molar-refractivity contribution is 0.234.